The second-order valence-electron chi connectivity index (χ2n) is 3.75. The predicted molar refractivity (Wildman–Crippen MR) is 51.6 cm³/mol. The number of methoxy groups -OCH3 is 1. The van der Waals surface area contributed by atoms with E-state index in [9.17, 15) is 9.59 Å². The summed E-state index contributed by atoms with van der Waals surface area (Å²) in [6.45, 7) is 0.0613. The van der Waals surface area contributed by atoms with Crippen molar-refractivity contribution in [3.63, 3.8) is 0 Å². The van der Waals surface area contributed by atoms with Gasteiger partial charge >= 0.3 is 5.97 Å². The Kier molecular flexibility index (Phi) is 3.92. The first-order valence-corrected chi connectivity index (χ1v) is 4.97. The molecule has 1 aliphatic carbocycles. The summed E-state index contributed by atoms with van der Waals surface area (Å²) in [5.74, 6) is -0.156. The monoisotopic (exact) mass is 199 g/mol. The van der Waals surface area contributed by atoms with E-state index >= 15 is 0 Å². The number of nitrogens with zero attached hydrogens (tertiary/aromatic N) is 1. The minimum atomic E-state index is -0.362. The third-order valence-corrected chi connectivity index (χ3v) is 2.67. The molecule has 0 atom stereocenters. The van der Waals surface area contributed by atoms with Gasteiger partial charge in [-0.05, 0) is 12.8 Å². The van der Waals surface area contributed by atoms with Gasteiger partial charge in [0, 0.05) is 13.0 Å². The van der Waals surface area contributed by atoms with Gasteiger partial charge in [0.15, 0.2) is 0 Å². The zero-order valence-electron chi connectivity index (χ0n) is 8.78. The standard InChI is InChI=1S/C10H17NO3/c1-11(7-9(12)14-2)10(13)8-5-3-4-6-8/h8H,3-7H2,1-2H3. The molecular formula is C10H17NO3. The summed E-state index contributed by atoms with van der Waals surface area (Å²) in [6, 6.07) is 0. The first-order chi connectivity index (χ1) is 6.65. The molecule has 1 aliphatic rings. The van der Waals surface area contributed by atoms with Crippen molar-refractivity contribution in [1.82, 2.24) is 4.90 Å². The van der Waals surface area contributed by atoms with Crippen molar-refractivity contribution in [3.05, 3.63) is 0 Å². The minimum absolute atomic E-state index is 0.0613. The van der Waals surface area contributed by atoms with Crippen LogP contribution in [0.1, 0.15) is 25.7 Å². The van der Waals surface area contributed by atoms with E-state index < -0.39 is 0 Å². The summed E-state index contributed by atoms with van der Waals surface area (Å²) in [6.07, 6.45) is 4.18. The molecule has 0 aliphatic heterocycles. The zero-order valence-corrected chi connectivity index (χ0v) is 8.78. The van der Waals surface area contributed by atoms with Crippen LogP contribution >= 0.6 is 0 Å². The van der Waals surface area contributed by atoms with Crippen LogP contribution in [0.4, 0.5) is 0 Å². The fraction of sp³-hybridized carbons (Fsp3) is 0.800. The molecule has 14 heavy (non-hydrogen) atoms. The van der Waals surface area contributed by atoms with Gasteiger partial charge < -0.3 is 9.64 Å². The molecule has 0 radical (unpaired) electrons. The number of esters is 1. The second kappa shape index (κ2) is 4.98. The molecule has 0 aromatic carbocycles. The van der Waals surface area contributed by atoms with E-state index in [0.717, 1.165) is 25.7 Å². The summed E-state index contributed by atoms with van der Waals surface area (Å²) in [5.41, 5.74) is 0. The van der Waals surface area contributed by atoms with Crippen molar-refractivity contribution in [2.24, 2.45) is 5.92 Å². The molecular weight excluding hydrogens is 182 g/mol. The predicted octanol–water partition coefficient (Wildman–Crippen LogP) is 0.808. The molecule has 4 heteroatoms. The van der Waals surface area contributed by atoms with Gasteiger partial charge in [-0.15, -0.1) is 0 Å². The molecule has 0 heterocycles. The molecule has 0 saturated heterocycles. The Hall–Kier alpha value is -1.06. The average molecular weight is 199 g/mol. The van der Waals surface area contributed by atoms with Crippen molar-refractivity contribution >= 4 is 11.9 Å². The number of hydrogen-bond acceptors (Lipinski definition) is 3. The smallest absolute Gasteiger partial charge is 0.325 e. The maximum atomic E-state index is 11.7. The lowest BCUT2D eigenvalue weighted by Gasteiger charge is -2.19. The van der Waals surface area contributed by atoms with Crippen LogP contribution in [0.2, 0.25) is 0 Å². The van der Waals surface area contributed by atoms with E-state index in [4.69, 9.17) is 0 Å². The van der Waals surface area contributed by atoms with Gasteiger partial charge in [-0.2, -0.15) is 0 Å². The first-order valence-electron chi connectivity index (χ1n) is 4.97. The van der Waals surface area contributed by atoms with Crippen LogP contribution in [0.3, 0.4) is 0 Å². The number of ether oxygens (including phenoxy) is 1. The SMILES string of the molecule is COC(=O)CN(C)C(=O)C1CCCC1. The summed E-state index contributed by atoms with van der Waals surface area (Å²) >= 11 is 0. The van der Waals surface area contributed by atoms with E-state index in [1.165, 1.54) is 12.0 Å². The van der Waals surface area contributed by atoms with Crippen LogP contribution in [0.15, 0.2) is 0 Å². The molecule has 0 spiro atoms. The van der Waals surface area contributed by atoms with Crippen LogP contribution in [0.5, 0.6) is 0 Å². The topological polar surface area (TPSA) is 46.6 Å². The molecule has 1 amide bonds. The Morgan fingerprint density at radius 3 is 2.43 bits per heavy atom. The summed E-state index contributed by atoms with van der Waals surface area (Å²) < 4.78 is 4.50. The van der Waals surface area contributed by atoms with Gasteiger partial charge in [-0.3, -0.25) is 9.59 Å². The van der Waals surface area contributed by atoms with Gasteiger partial charge in [-0.1, -0.05) is 12.8 Å². The number of likely N-dealkylation sites (N-methyl/N-ethyl adjacent to an activating group) is 1. The normalized spacial score (nSPS) is 16.7. The van der Waals surface area contributed by atoms with Crippen molar-refractivity contribution < 1.29 is 14.3 Å². The molecule has 80 valence electrons. The van der Waals surface area contributed by atoms with Crippen LogP contribution in [0.25, 0.3) is 0 Å². The summed E-state index contributed by atoms with van der Waals surface area (Å²) in [4.78, 5) is 24.1. The molecule has 1 saturated carbocycles. The van der Waals surface area contributed by atoms with Crippen molar-refractivity contribution in [2.75, 3.05) is 20.7 Å². The first kappa shape index (κ1) is 11.0. The number of rotatable bonds is 3. The second-order valence-corrected chi connectivity index (χ2v) is 3.75. The highest BCUT2D eigenvalue weighted by molar-refractivity contribution is 5.83. The van der Waals surface area contributed by atoms with Crippen LogP contribution in [-0.2, 0) is 14.3 Å². The van der Waals surface area contributed by atoms with Crippen LogP contribution in [0, 0.1) is 5.92 Å². The molecule has 4 nitrogen and oxygen atoms in total. The number of amides is 1. The maximum absolute atomic E-state index is 11.7. The van der Waals surface area contributed by atoms with Crippen LogP contribution < -0.4 is 0 Å². The lowest BCUT2D eigenvalue weighted by atomic mass is 10.1. The fourth-order valence-electron chi connectivity index (χ4n) is 1.82. The van der Waals surface area contributed by atoms with Gasteiger partial charge in [0.25, 0.3) is 0 Å². The van der Waals surface area contributed by atoms with Crippen molar-refractivity contribution in [3.8, 4) is 0 Å². The largest absolute Gasteiger partial charge is 0.468 e. The van der Waals surface area contributed by atoms with Gasteiger partial charge in [0.05, 0.1) is 7.11 Å². The lowest BCUT2D eigenvalue weighted by molar-refractivity contribution is -0.147. The van der Waals surface area contributed by atoms with E-state index in [1.54, 1.807) is 7.05 Å². The highest BCUT2D eigenvalue weighted by atomic mass is 16.5. The average Bonchev–Trinajstić information content (AvgIpc) is 2.69. The van der Waals surface area contributed by atoms with Gasteiger partial charge in [0.1, 0.15) is 6.54 Å². The minimum Gasteiger partial charge on any atom is -0.468 e. The van der Waals surface area contributed by atoms with Gasteiger partial charge in [-0.25, -0.2) is 0 Å². The van der Waals surface area contributed by atoms with Crippen molar-refractivity contribution in [1.29, 1.82) is 0 Å². The number of carbonyl (C=O) groups is 2. The van der Waals surface area contributed by atoms with E-state index in [0.29, 0.717) is 0 Å². The summed E-state index contributed by atoms with van der Waals surface area (Å²) in [7, 11) is 2.98. The molecule has 0 N–H and O–H groups in total. The fourth-order valence-corrected chi connectivity index (χ4v) is 1.82. The Labute approximate surface area is 84.2 Å². The van der Waals surface area contributed by atoms with E-state index in [2.05, 4.69) is 4.74 Å². The third kappa shape index (κ3) is 2.72. The highest BCUT2D eigenvalue weighted by Gasteiger charge is 2.26. The highest BCUT2D eigenvalue weighted by Crippen LogP contribution is 2.26. The molecule has 0 bridgehead atoms. The Morgan fingerprint density at radius 2 is 1.93 bits per heavy atom. The Balaban J connectivity index is 2.39. The zero-order chi connectivity index (χ0) is 10.6. The number of carbonyl (C=O) groups excluding carboxylic acids is 2. The molecule has 0 unspecified atom stereocenters. The Morgan fingerprint density at radius 1 is 1.36 bits per heavy atom. The summed E-state index contributed by atoms with van der Waals surface area (Å²) in [5, 5.41) is 0. The van der Waals surface area contributed by atoms with Gasteiger partial charge in [0.2, 0.25) is 5.91 Å². The molecule has 1 fully saturated rings. The van der Waals surface area contributed by atoms with E-state index in [1.807, 2.05) is 0 Å². The third-order valence-electron chi connectivity index (χ3n) is 2.67. The maximum Gasteiger partial charge on any atom is 0.325 e. The molecule has 0 aromatic heterocycles. The van der Waals surface area contributed by atoms with Crippen LogP contribution in [-0.4, -0.2) is 37.5 Å². The van der Waals surface area contributed by atoms with E-state index in [-0.39, 0.29) is 24.3 Å². The number of hydrogen-bond donors (Lipinski definition) is 0. The Bertz CT molecular complexity index is 221. The lowest BCUT2D eigenvalue weighted by Crippen LogP contribution is -2.36. The molecule has 1 rings (SSSR count). The van der Waals surface area contributed by atoms with Crippen molar-refractivity contribution in [2.45, 2.75) is 25.7 Å². The quantitative estimate of drug-likeness (QED) is 0.632. The molecule has 0 aromatic rings.